The fraction of sp³-hybridized carbons (Fsp3) is 0.550. The molecule has 29 heavy (non-hydrogen) atoms. The molecular formula is C20H27N3O5S. The number of nitrogens with zero attached hydrogens (tertiary/aromatic N) is 2. The number of aryl methyl sites for hydroxylation is 1. The van der Waals surface area contributed by atoms with Crippen LogP contribution in [0, 0.1) is 31.1 Å². The second-order valence-corrected chi connectivity index (χ2v) is 9.97. The second-order valence-electron chi connectivity index (χ2n) is 7.74. The molecular weight excluding hydrogens is 394 g/mol. The quantitative estimate of drug-likeness (QED) is 0.405. The van der Waals surface area contributed by atoms with E-state index < -0.39 is 34.4 Å². The van der Waals surface area contributed by atoms with Crippen LogP contribution in [0.3, 0.4) is 0 Å². The van der Waals surface area contributed by atoms with Crippen LogP contribution >= 0.6 is 0 Å². The van der Waals surface area contributed by atoms with E-state index in [0.717, 1.165) is 23.5 Å². The maximum Gasteiger partial charge on any atom is 0.349 e. The number of hydrogen-bond donors (Lipinski definition) is 1. The van der Waals surface area contributed by atoms with Crippen LogP contribution in [0.25, 0.3) is 6.08 Å². The molecule has 0 aliphatic carbocycles. The molecule has 1 atom stereocenters. The fourth-order valence-corrected chi connectivity index (χ4v) is 4.97. The van der Waals surface area contributed by atoms with Crippen molar-refractivity contribution in [1.82, 2.24) is 9.88 Å². The number of esters is 1. The highest BCUT2D eigenvalue weighted by molar-refractivity contribution is 7.91. The summed E-state index contributed by atoms with van der Waals surface area (Å²) in [6.07, 6.45) is 1.81. The van der Waals surface area contributed by atoms with Crippen molar-refractivity contribution in [2.75, 3.05) is 18.1 Å². The fourth-order valence-electron chi connectivity index (χ4n) is 3.30. The number of hydrogen-bond acceptors (Lipinski definition) is 6. The van der Waals surface area contributed by atoms with Crippen molar-refractivity contribution in [3.05, 3.63) is 28.6 Å². The van der Waals surface area contributed by atoms with E-state index >= 15 is 0 Å². The lowest BCUT2D eigenvalue weighted by Crippen LogP contribution is -2.38. The van der Waals surface area contributed by atoms with Gasteiger partial charge in [-0.1, -0.05) is 13.8 Å². The molecule has 1 saturated heterocycles. The van der Waals surface area contributed by atoms with Gasteiger partial charge in [0.15, 0.2) is 16.4 Å². The number of carbonyl (C=O) groups excluding carboxylic acids is 2. The first-order chi connectivity index (χ1) is 13.5. The average molecular weight is 422 g/mol. The first kappa shape index (κ1) is 22.7. The SMILES string of the molecule is Cc1cc(/C=C(\C#N)C(=O)OCC(=O)N[C@H]2CCS(=O)(=O)C2)c(C)n1CC(C)C. The lowest BCUT2D eigenvalue weighted by atomic mass is 10.1. The van der Waals surface area contributed by atoms with Gasteiger partial charge in [-0.05, 0) is 43.9 Å². The number of nitriles is 1. The third-order valence-electron chi connectivity index (χ3n) is 4.73. The van der Waals surface area contributed by atoms with Crippen LogP contribution < -0.4 is 5.32 Å². The number of aromatic nitrogens is 1. The summed E-state index contributed by atoms with van der Waals surface area (Å²) in [5, 5.41) is 11.9. The molecule has 0 saturated carbocycles. The second kappa shape index (κ2) is 9.27. The summed E-state index contributed by atoms with van der Waals surface area (Å²) in [6.45, 7) is 8.36. The third-order valence-corrected chi connectivity index (χ3v) is 6.50. The number of rotatable bonds is 7. The van der Waals surface area contributed by atoms with Gasteiger partial charge in [-0.25, -0.2) is 13.2 Å². The topological polar surface area (TPSA) is 118 Å². The number of amides is 1. The van der Waals surface area contributed by atoms with Gasteiger partial charge in [0.05, 0.1) is 11.5 Å². The van der Waals surface area contributed by atoms with Crippen molar-refractivity contribution < 1.29 is 22.7 Å². The normalized spacial score (nSPS) is 18.5. The molecule has 9 heteroatoms. The van der Waals surface area contributed by atoms with Crippen LogP contribution in [0.5, 0.6) is 0 Å². The van der Waals surface area contributed by atoms with Gasteiger partial charge in [0.2, 0.25) is 0 Å². The highest BCUT2D eigenvalue weighted by atomic mass is 32.2. The van der Waals surface area contributed by atoms with Crippen molar-refractivity contribution >= 4 is 27.8 Å². The lowest BCUT2D eigenvalue weighted by molar-refractivity contribution is -0.144. The van der Waals surface area contributed by atoms with E-state index in [1.807, 2.05) is 26.0 Å². The van der Waals surface area contributed by atoms with Crippen LogP contribution in [0.2, 0.25) is 0 Å². The molecule has 1 aromatic heterocycles. The molecule has 1 N–H and O–H groups in total. The largest absolute Gasteiger partial charge is 0.451 e. The van der Waals surface area contributed by atoms with E-state index in [2.05, 4.69) is 23.7 Å². The van der Waals surface area contributed by atoms with Crippen LogP contribution in [0.1, 0.15) is 37.2 Å². The summed E-state index contributed by atoms with van der Waals surface area (Å²) < 4.78 is 29.9. The minimum Gasteiger partial charge on any atom is -0.451 e. The molecule has 0 radical (unpaired) electrons. The number of ether oxygens (including phenoxy) is 1. The maximum absolute atomic E-state index is 12.2. The Hall–Kier alpha value is -2.60. The van der Waals surface area contributed by atoms with Gasteiger partial charge in [-0.2, -0.15) is 5.26 Å². The van der Waals surface area contributed by atoms with Crippen molar-refractivity contribution in [2.24, 2.45) is 5.92 Å². The van der Waals surface area contributed by atoms with Crippen LogP contribution in [-0.2, 0) is 30.7 Å². The predicted octanol–water partition coefficient (Wildman–Crippen LogP) is 1.51. The first-order valence-electron chi connectivity index (χ1n) is 9.48. The molecule has 2 heterocycles. The molecule has 1 amide bonds. The molecule has 0 aromatic carbocycles. The molecule has 1 aliphatic heterocycles. The number of nitrogens with one attached hydrogen (secondary N) is 1. The molecule has 1 fully saturated rings. The molecule has 0 bridgehead atoms. The average Bonchev–Trinajstić information content (AvgIpc) is 3.10. The van der Waals surface area contributed by atoms with Gasteiger partial charge in [-0.3, -0.25) is 4.79 Å². The zero-order valence-electron chi connectivity index (χ0n) is 17.2. The Morgan fingerprint density at radius 3 is 2.66 bits per heavy atom. The zero-order chi connectivity index (χ0) is 21.8. The Kier molecular flexibility index (Phi) is 7.25. The Labute approximate surface area is 171 Å². The highest BCUT2D eigenvalue weighted by Crippen LogP contribution is 2.20. The number of carbonyl (C=O) groups is 2. The molecule has 0 unspecified atom stereocenters. The molecule has 1 aromatic rings. The van der Waals surface area contributed by atoms with Crippen LogP contribution in [0.4, 0.5) is 0 Å². The number of sulfone groups is 1. The zero-order valence-corrected chi connectivity index (χ0v) is 18.0. The maximum atomic E-state index is 12.2. The van der Waals surface area contributed by atoms with E-state index in [0.29, 0.717) is 12.3 Å². The molecule has 8 nitrogen and oxygen atoms in total. The monoisotopic (exact) mass is 421 g/mol. The van der Waals surface area contributed by atoms with Crippen molar-refractivity contribution in [3.63, 3.8) is 0 Å². The molecule has 0 spiro atoms. The Balaban J connectivity index is 2.00. The minimum absolute atomic E-state index is 0.0360. The summed E-state index contributed by atoms with van der Waals surface area (Å²) in [5.41, 5.74) is 2.51. The molecule has 1 aliphatic rings. The van der Waals surface area contributed by atoms with E-state index in [1.165, 1.54) is 6.08 Å². The minimum atomic E-state index is -3.11. The Bertz CT molecular complexity index is 967. The van der Waals surface area contributed by atoms with Gasteiger partial charge >= 0.3 is 5.97 Å². The summed E-state index contributed by atoms with van der Waals surface area (Å²) in [5.74, 6) is -1.11. The van der Waals surface area contributed by atoms with Gasteiger partial charge in [-0.15, -0.1) is 0 Å². The van der Waals surface area contributed by atoms with Crippen molar-refractivity contribution in [1.29, 1.82) is 5.26 Å². The van der Waals surface area contributed by atoms with Gasteiger partial charge < -0.3 is 14.6 Å². The summed E-state index contributed by atoms with van der Waals surface area (Å²) in [4.78, 5) is 24.1. The highest BCUT2D eigenvalue weighted by Gasteiger charge is 2.29. The smallest absolute Gasteiger partial charge is 0.349 e. The Morgan fingerprint density at radius 2 is 2.10 bits per heavy atom. The molecule has 158 valence electrons. The summed E-state index contributed by atoms with van der Waals surface area (Å²) in [6, 6.07) is 3.25. The summed E-state index contributed by atoms with van der Waals surface area (Å²) >= 11 is 0. The van der Waals surface area contributed by atoms with Crippen LogP contribution in [0.15, 0.2) is 11.6 Å². The van der Waals surface area contributed by atoms with E-state index in [1.54, 1.807) is 0 Å². The van der Waals surface area contributed by atoms with E-state index in [-0.39, 0.29) is 17.1 Å². The first-order valence-corrected chi connectivity index (χ1v) is 11.3. The Morgan fingerprint density at radius 1 is 1.41 bits per heavy atom. The van der Waals surface area contributed by atoms with Gasteiger partial charge in [0.25, 0.3) is 5.91 Å². The lowest BCUT2D eigenvalue weighted by Gasteiger charge is -2.12. The van der Waals surface area contributed by atoms with Gasteiger partial charge in [0.1, 0.15) is 11.6 Å². The van der Waals surface area contributed by atoms with Crippen molar-refractivity contribution in [2.45, 2.75) is 46.7 Å². The van der Waals surface area contributed by atoms with Crippen LogP contribution in [-0.4, -0.2) is 49.0 Å². The van der Waals surface area contributed by atoms with Crippen molar-refractivity contribution in [3.8, 4) is 6.07 Å². The third kappa shape index (κ3) is 6.19. The van der Waals surface area contributed by atoms with Gasteiger partial charge in [0, 0.05) is 24.0 Å². The summed E-state index contributed by atoms with van der Waals surface area (Å²) in [7, 11) is -3.11. The van der Waals surface area contributed by atoms with E-state index in [4.69, 9.17) is 4.74 Å². The molecule has 2 rings (SSSR count). The van der Waals surface area contributed by atoms with E-state index in [9.17, 15) is 23.3 Å². The predicted molar refractivity (Wildman–Crippen MR) is 108 cm³/mol. The standard InChI is InChI=1S/C20H27N3O5S/c1-13(2)10-23-14(3)7-16(15(23)4)8-17(9-21)20(25)28-11-19(24)22-18-5-6-29(26,27)12-18/h7-8,13,18H,5-6,10-12H2,1-4H3,(H,22,24)/b17-8+/t18-/m0/s1.